The lowest BCUT2D eigenvalue weighted by Gasteiger charge is -2.16. The molecule has 6 heteroatoms. The van der Waals surface area contributed by atoms with Gasteiger partial charge in [-0.15, -0.1) is 11.3 Å². The Morgan fingerprint density at radius 2 is 2.30 bits per heavy atom. The van der Waals surface area contributed by atoms with Crippen LogP contribution in [0.25, 0.3) is 0 Å². The van der Waals surface area contributed by atoms with E-state index in [1.165, 1.54) is 4.88 Å². The summed E-state index contributed by atoms with van der Waals surface area (Å²) in [6.07, 6.45) is 0.860. The van der Waals surface area contributed by atoms with Crippen molar-refractivity contribution >= 4 is 17.4 Å². The van der Waals surface area contributed by atoms with Gasteiger partial charge in [0.15, 0.2) is 0 Å². The Hall–Kier alpha value is -1.82. The summed E-state index contributed by atoms with van der Waals surface area (Å²) in [4.78, 5) is 13.1. The molecule has 0 saturated carbocycles. The Morgan fingerprint density at radius 3 is 2.85 bits per heavy atom. The van der Waals surface area contributed by atoms with E-state index >= 15 is 0 Å². The van der Waals surface area contributed by atoms with E-state index in [9.17, 15) is 4.79 Å². The van der Waals surface area contributed by atoms with Crippen LogP contribution in [0.15, 0.2) is 22.0 Å². The molecule has 2 N–H and O–H groups in total. The minimum absolute atomic E-state index is 0.0552. The van der Waals surface area contributed by atoms with Gasteiger partial charge in [0.2, 0.25) is 0 Å². The minimum atomic E-state index is -0.176. The van der Waals surface area contributed by atoms with Crippen LogP contribution in [0.3, 0.4) is 0 Å². The average molecular weight is 293 g/mol. The largest absolute Gasteiger partial charge is 0.361 e. The van der Waals surface area contributed by atoms with Crippen LogP contribution in [-0.4, -0.2) is 11.2 Å². The number of nitrogens with zero attached hydrogens (tertiary/aromatic N) is 1. The number of nitrogens with one attached hydrogen (secondary N) is 2. The van der Waals surface area contributed by atoms with Crippen molar-refractivity contribution in [2.24, 2.45) is 0 Å². The molecule has 2 aromatic heterocycles. The zero-order valence-corrected chi connectivity index (χ0v) is 12.7. The first-order valence-electron chi connectivity index (χ1n) is 6.61. The zero-order valence-electron chi connectivity index (χ0n) is 11.9. The SMILES string of the molecule is CC[C@@H](NC(=O)NCc1c(C)noc1C)c1cccs1. The molecule has 0 aromatic carbocycles. The molecule has 5 nitrogen and oxygen atoms in total. The van der Waals surface area contributed by atoms with Crippen molar-refractivity contribution in [2.75, 3.05) is 0 Å². The molecule has 0 aliphatic heterocycles. The predicted octanol–water partition coefficient (Wildman–Crippen LogP) is 3.30. The van der Waals surface area contributed by atoms with Crippen LogP contribution in [0, 0.1) is 13.8 Å². The molecule has 0 unspecified atom stereocenters. The topological polar surface area (TPSA) is 67.2 Å². The molecule has 0 aliphatic carbocycles. The number of urea groups is 1. The smallest absolute Gasteiger partial charge is 0.315 e. The molecule has 0 aliphatic rings. The lowest BCUT2D eigenvalue weighted by Crippen LogP contribution is -2.37. The van der Waals surface area contributed by atoms with Crippen LogP contribution < -0.4 is 10.6 Å². The summed E-state index contributed by atoms with van der Waals surface area (Å²) in [5.74, 6) is 0.744. The van der Waals surface area contributed by atoms with E-state index in [1.807, 2.05) is 31.4 Å². The van der Waals surface area contributed by atoms with Crippen molar-refractivity contribution in [1.29, 1.82) is 0 Å². The molecule has 0 bridgehead atoms. The summed E-state index contributed by atoms with van der Waals surface area (Å²) in [7, 11) is 0. The van der Waals surface area contributed by atoms with Gasteiger partial charge in [-0.05, 0) is 31.7 Å². The van der Waals surface area contributed by atoms with Gasteiger partial charge in [0.25, 0.3) is 0 Å². The van der Waals surface area contributed by atoms with E-state index in [4.69, 9.17) is 4.52 Å². The van der Waals surface area contributed by atoms with Crippen LogP contribution in [0.1, 0.15) is 41.3 Å². The normalized spacial score (nSPS) is 12.2. The van der Waals surface area contributed by atoms with Gasteiger partial charge in [-0.25, -0.2) is 4.79 Å². The van der Waals surface area contributed by atoms with Gasteiger partial charge in [-0.3, -0.25) is 0 Å². The predicted molar refractivity (Wildman–Crippen MR) is 78.7 cm³/mol. The lowest BCUT2D eigenvalue weighted by molar-refractivity contribution is 0.236. The van der Waals surface area contributed by atoms with Crippen molar-refractivity contribution in [3.05, 3.63) is 39.4 Å². The number of rotatable bonds is 5. The molecular formula is C14H19N3O2S. The van der Waals surface area contributed by atoms with E-state index in [-0.39, 0.29) is 12.1 Å². The lowest BCUT2D eigenvalue weighted by atomic mass is 10.2. The summed E-state index contributed by atoms with van der Waals surface area (Å²) in [6.45, 7) is 6.19. The highest BCUT2D eigenvalue weighted by molar-refractivity contribution is 7.10. The van der Waals surface area contributed by atoms with E-state index in [2.05, 4.69) is 22.7 Å². The van der Waals surface area contributed by atoms with Crippen LogP contribution in [0.4, 0.5) is 4.79 Å². The second-order valence-electron chi connectivity index (χ2n) is 4.61. The summed E-state index contributed by atoms with van der Waals surface area (Å²) in [6, 6.07) is 3.91. The van der Waals surface area contributed by atoms with Gasteiger partial charge < -0.3 is 15.2 Å². The summed E-state index contributed by atoms with van der Waals surface area (Å²) in [5, 5.41) is 11.7. The Bertz CT molecular complexity index is 543. The monoisotopic (exact) mass is 293 g/mol. The number of carbonyl (C=O) groups excluding carboxylic acids is 1. The molecule has 0 spiro atoms. The highest BCUT2D eigenvalue weighted by Crippen LogP contribution is 2.21. The standard InChI is InChI=1S/C14H19N3O2S/c1-4-12(13-6-5-7-20-13)16-14(18)15-8-11-9(2)17-19-10(11)3/h5-7,12H,4,8H2,1-3H3,(H2,15,16,18)/t12-/m1/s1. The Morgan fingerprint density at radius 1 is 1.50 bits per heavy atom. The van der Waals surface area contributed by atoms with Crippen molar-refractivity contribution < 1.29 is 9.32 Å². The number of aryl methyl sites for hydroxylation is 2. The van der Waals surface area contributed by atoms with Gasteiger partial charge in [0, 0.05) is 17.0 Å². The molecule has 2 aromatic rings. The maximum Gasteiger partial charge on any atom is 0.315 e. The Kier molecular flexibility index (Phi) is 4.79. The second kappa shape index (κ2) is 6.56. The molecule has 0 saturated heterocycles. The number of aromatic nitrogens is 1. The molecule has 2 amide bonds. The molecule has 0 radical (unpaired) electrons. The first kappa shape index (κ1) is 14.6. The molecule has 2 heterocycles. The van der Waals surface area contributed by atoms with Crippen LogP contribution >= 0.6 is 11.3 Å². The van der Waals surface area contributed by atoms with E-state index in [0.717, 1.165) is 23.4 Å². The van der Waals surface area contributed by atoms with E-state index < -0.39 is 0 Å². The fourth-order valence-electron chi connectivity index (χ4n) is 2.00. The highest BCUT2D eigenvalue weighted by atomic mass is 32.1. The van der Waals surface area contributed by atoms with Crippen LogP contribution in [-0.2, 0) is 6.54 Å². The third-order valence-corrected chi connectivity index (χ3v) is 4.19. The first-order chi connectivity index (χ1) is 9.61. The first-order valence-corrected chi connectivity index (χ1v) is 7.49. The average Bonchev–Trinajstić information content (AvgIpc) is 3.05. The second-order valence-corrected chi connectivity index (χ2v) is 5.59. The number of hydrogen-bond acceptors (Lipinski definition) is 4. The minimum Gasteiger partial charge on any atom is -0.361 e. The van der Waals surface area contributed by atoms with Gasteiger partial charge in [0.05, 0.1) is 11.7 Å². The highest BCUT2D eigenvalue weighted by Gasteiger charge is 2.14. The fraction of sp³-hybridized carbons (Fsp3) is 0.429. The molecule has 0 fully saturated rings. The van der Waals surface area contributed by atoms with Gasteiger partial charge in [-0.2, -0.15) is 0 Å². The van der Waals surface area contributed by atoms with Crippen molar-refractivity contribution in [3.8, 4) is 0 Å². The van der Waals surface area contributed by atoms with Crippen molar-refractivity contribution in [2.45, 2.75) is 39.8 Å². The third-order valence-electron chi connectivity index (χ3n) is 3.21. The third kappa shape index (κ3) is 3.39. The molecule has 2 rings (SSSR count). The summed E-state index contributed by atoms with van der Waals surface area (Å²) >= 11 is 1.65. The maximum atomic E-state index is 12.0. The summed E-state index contributed by atoms with van der Waals surface area (Å²) in [5.41, 5.74) is 1.75. The number of hydrogen-bond donors (Lipinski definition) is 2. The van der Waals surface area contributed by atoms with Crippen molar-refractivity contribution in [3.63, 3.8) is 0 Å². The van der Waals surface area contributed by atoms with Gasteiger partial charge in [-0.1, -0.05) is 18.1 Å². The van der Waals surface area contributed by atoms with Gasteiger partial charge >= 0.3 is 6.03 Å². The zero-order chi connectivity index (χ0) is 14.5. The molecule has 1 atom stereocenters. The maximum absolute atomic E-state index is 12.0. The van der Waals surface area contributed by atoms with Gasteiger partial charge in [0.1, 0.15) is 5.76 Å². The quantitative estimate of drug-likeness (QED) is 0.888. The number of carbonyl (C=O) groups is 1. The molecule has 108 valence electrons. The Labute approximate surface area is 122 Å². The number of thiophene rings is 1. The van der Waals surface area contributed by atoms with E-state index in [1.54, 1.807) is 11.3 Å². The van der Waals surface area contributed by atoms with Crippen molar-refractivity contribution in [1.82, 2.24) is 15.8 Å². The summed E-state index contributed by atoms with van der Waals surface area (Å²) < 4.78 is 5.07. The molecular weight excluding hydrogens is 274 g/mol. The van der Waals surface area contributed by atoms with Crippen LogP contribution in [0.2, 0.25) is 0 Å². The molecule has 20 heavy (non-hydrogen) atoms. The van der Waals surface area contributed by atoms with E-state index in [0.29, 0.717) is 6.54 Å². The Balaban J connectivity index is 1.89. The number of amides is 2. The fourth-order valence-corrected chi connectivity index (χ4v) is 2.86. The van der Waals surface area contributed by atoms with Crippen LogP contribution in [0.5, 0.6) is 0 Å².